The minimum absolute atomic E-state index is 0.135. The van der Waals surface area contributed by atoms with Crippen molar-refractivity contribution in [2.75, 3.05) is 6.54 Å². The van der Waals surface area contributed by atoms with Gasteiger partial charge in [0.25, 0.3) is 0 Å². The van der Waals surface area contributed by atoms with E-state index in [4.69, 9.17) is 15.3 Å². The van der Waals surface area contributed by atoms with Crippen LogP contribution < -0.4 is 5.32 Å². The first-order valence-electron chi connectivity index (χ1n) is 3.52. The summed E-state index contributed by atoms with van der Waals surface area (Å²) in [4.78, 5) is 10.4. The first-order valence-corrected chi connectivity index (χ1v) is 3.52. The van der Waals surface area contributed by atoms with Gasteiger partial charge in [-0.1, -0.05) is 0 Å². The zero-order valence-electron chi connectivity index (χ0n) is 6.27. The molecule has 5 N–H and O–H groups in total. The van der Waals surface area contributed by atoms with Crippen molar-refractivity contribution in [2.24, 2.45) is 0 Å². The van der Waals surface area contributed by atoms with Crippen LogP contribution in [0.3, 0.4) is 0 Å². The molecule has 6 heteroatoms. The van der Waals surface area contributed by atoms with Gasteiger partial charge in [-0.3, -0.25) is 5.32 Å². The molecule has 0 radical (unpaired) electrons. The summed E-state index contributed by atoms with van der Waals surface area (Å²) < 4.78 is 0. The van der Waals surface area contributed by atoms with E-state index in [-0.39, 0.29) is 6.54 Å². The van der Waals surface area contributed by atoms with Gasteiger partial charge in [-0.2, -0.15) is 0 Å². The molecule has 0 aromatic carbocycles. The Morgan fingerprint density at radius 3 is 2.42 bits per heavy atom. The van der Waals surface area contributed by atoms with E-state index in [1.54, 1.807) is 0 Å². The topological polar surface area (TPSA) is 110 Å². The normalized spacial score (nSPS) is 42.6. The van der Waals surface area contributed by atoms with E-state index in [1.807, 2.05) is 0 Å². The largest absolute Gasteiger partial charge is 0.478 e. The van der Waals surface area contributed by atoms with Gasteiger partial charge in [0.1, 0.15) is 0 Å². The van der Waals surface area contributed by atoms with Crippen LogP contribution in [0.1, 0.15) is 6.42 Å². The first-order chi connectivity index (χ1) is 5.46. The fourth-order valence-corrected chi connectivity index (χ4v) is 1.08. The van der Waals surface area contributed by atoms with Gasteiger partial charge in [0.15, 0.2) is 0 Å². The lowest BCUT2D eigenvalue weighted by Gasteiger charge is -2.34. The van der Waals surface area contributed by atoms with Crippen LogP contribution in [0, 0.1) is 0 Å². The van der Waals surface area contributed by atoms with Crippen molar-refractivity contribution >= 4 is 5.97 Å². The second-order valence-electron chi connectivity index (χ2n) is 2.89. The summed E-state index contributed by atoms with van der Waals surface area (Å²) in [6.45, 7) is -0.135. The minimum Gasteiger partial charge on any atom is -0.478 e. The van der Waals surface area contributed by atoms with Crippen LogP contribution >= 0.6 is 0 Å². The van der Waals surface area contributed by atoms with Crippen molar-refractivity contribution < 1.29 is 25.2 Å². The number of piperidine rings is 1. The van der Waals surface area contributed by atoms with Gasteiger partial charge >= 0.3 is 5.97 Å². The summed E-state index contributed by atoms with van der Waals surface area (Å²) in [5.41, 5.74) is -2.11. The number of aliphatic hydroxyl groups excluding tert-OH is 2. The molecular weight excluding hydrogens is 166 g/mol. The summed E-state index contributed by atoms with van der Waals surface area (Å²) >= 11 is 0. The van der Waals surface area contributed by atoms with Crippen molar-refractivity contribution in [2.45, 2.75) is 24.4 Å². The lowest BCUT2D eigenvalue weighted by Crippen LogP contribution is -2.62. The number of carboxylic acid groups (broad SMARTS) is 1. The van der Waals surface area contributed by atoms with Crippen LogP contribution in [0.15, 0.2) is 0 Å². The fourth-order valence-electron chi connectivity index (χ4n) is 1.08. The molecule has 1 fully saturated rings. The summed E-state index contributed by atoms with van der Waals surface area (Å²) in [5.74, 6) is -1.45. The number of hydrogen-bond donors (Lipinski definition) is 5. The standard InChI is InChI=1S/C6H11NO5/c8-3-1-6(12,5(10)11)7-2-4(3)9/h3-4,7-9,12H,1-2H2,(H,10,11). The van der Waals surface area contributed by atoms with Gasteiger partial charge in [-0.25, -0.2) is 4.79 Å². The highest BCUT2D eigenvalue weighted by Crippen LogP contribution is 2.17. The monoisotopic (exact) mass is 177 g/mol. The summed E-state index contributed by atoms with van der Waals surface area (Å²) in [6.07, 6.45) is -2.64. The maximum atomic E-state index is 10.4. The van der Waals surface area contributed by atoms with Gasteiger partial charge in [-0.15, -0.1) is 0 Å². The predicted octanol–water partition coefficient (Wildman–Crippen LogP) is -2.53. The average Bonchev–Trinajstić information content (AvgIpc) is 1.97. The van der Waals surface area contributed by atoms with E-state index in [9.17, 15) is 9.90 Å². The Balaban J connectivity index is 2.66. The smallest absolute Gasteiger partial charge is 0.351 e. The predicted molar refractivity (Wildman–Crippen MR) is 37.2 cm³/mol. The Kier molecular flexibility index (Phi) is 2.34. The third-order valence-electron chi connectivity index (χ3n) is 1.91. The van der Waals surface area contributed by atoms with E-state index in [0.717, 1.165) is 0 Å². The minimum atomic E-state index is -2.11. The molecule has 0 aliphatic carbocycles. The number of nitrogens with one attached hydrogen (secondary N) is 1. The average molecular weight is 177 g/mol. The van der Waals surface area contributed by atoms with Crippen LogP contribution in [0.5, 0.6) is 0 Å². The van der Waals surface area contributed by atoms with E-state index in [1.165, 1.54) is 0 Å². The number of aliphatic carboxylic acids is 1. The Morgan fingerprint density at radius 1 is 1.42 bits per heavy atom. The summed E-state index contributed by atoms with van der Waals surface area (Å²) in [6, 6.07) is 0. The molecule has 3 atom stereocenters. The van der Waals surface area contributed by atoms with Gasteiger partial charge in [-0.05, 0) is 0 Å². The zero-order chi connectivity index (χ0) is 9.35. The van der Waals surface area contributed by atoms with E-state index >= 15 is 0 Å². The highest BCUT2D eigenvalue weighted by molar-refractivity contribution is 5.76. The molecule has 70 valence electrons. The zero-order valence-corrected chi connectivity index (χ0v) is 6.27. The summed E-state index contributed by atoms with van der Waals surface area (Å²) in [5, 5.41) is 38.0. The Bertz CT molecular complexity index is 196. The number of carboxylic acids is 1. The molecule has 0 aromatic rings. The third kappa shape index (κ3) is 1.56. The molecule has 0 bridgehead atoms. The number of β-amino-alcohol motifs (C(OH)–C–C–N with tert-alkyl or cyclic N) is 1. The number of rotatable bonds is 1. The SMILES string of the molecule is O=C(O)C1(O)CC(O)C(O)CN1. The van der Waals surface area contributed by atoms with Gasteiger partial charge in [0.2, 0.25) is 5.72 Å². The van der Waals surface area contributed by atoms with Crippen LogP contribution in [0.25, 0.3) is 0 Å². The maximum Gasteiger partial charge on any atom is 0.351 e. The molecule has 1 aliphatic heterocycles. The van der Waals surface area contributed by atoms with E-state index in [0.29, 0.717) is 0 Å². The molecule has 1 rings (SSSR count). The molecule has 3 unspecified atom stereocenters. The Hall–Kier alpha value is -0.690. The summed E-state index contributed by atoms with van der Waals surface area (Å²) in [7, 11) is 0. The molecular formula is C6H11NO5. The van der Waals surface area contributed by atoms with Crippen molar-refractivity contribution in [1.82, 2.24) is 5.32 Å². The molecule has 0 spiro atoms. The third-order valence-corrected chi connectivity index (χ3v) is 1.91. The van der Waals surface area contributed by atoms with Gasteiger partial charge < -0.3 is 20.4 Å². The quantitative estimate of drug-likeness (QED) is 0.302. The number of aliphatic hydroxyl groups is 3. The molecule has 6 nitrogen and oxygen atoms in total. The highest BCUT2D eigenvalue weighted by Gasteiger charge is 2.43. The van der Waals surface area contributed by atoms with Crippen LogP contribution in [0.2, 0.25) is 0 Å². The molecule has 12 heavy (non-hydrogen) atoms. The van der Waals surface area contributed by atoms with Gasteiger partial charge in [0.05, 0.1) is 12.2 Å². The van der Waals surface area contributed by atoms with Crippen molar-refractivity contribution in [3.05, 3.63) is 0 Å². The second-order valence-corrected chi connectivity index (χ2v) is 2.89. The Labute approximate surface area is 68.4 Å². The van der Waals surface area contributed by atoms with Crippen LogP contribution in [0.4, 0.5) is 0 Å². The van der Waals surface area contributed by atoms with Gasteiger partial charge in [0, 0.05) is 13.0 Å². The van der Waals surface area contributed by atoms with Crippen molar-refractivity contribution in [1.29, 1.82) is 0 Å². The Morgan fingerprint density at radius 2 is 2.00 bits per heavy atom. The fraction of sp³-hybridized carbons (Fsp3) is 0.833. The number of carbonyl (C=O) groups is 1. The first kappa shape index (κ1) is 9.40. The van der Waals surface area contributed by atoms with Crippen molar-refractivity contribution in [3.63, 3.8) is 0 Å². The highest BCUT2D eigenvalue weighted by atomic mass is 16.4. The van der Waals surface area contributed by atoms with E-state index < -0.39 is 30.3 Å². The molecule has 0 saturated carbocycles. The lowest BCUT2D eigenvalue weighted by molar-refractivity contribution is -0.176. The molecule has 1 saturated heterocycles. The molecule has 0 aromatic heterocycles. The molecule has 1 aliphatic rings. The maximum absolute atomic E-state index is 10.4. The lowest BCUT2D eigenvalue weighted by atomic mass is 9.96. The van der Waals surface area contributed by atoms with Crippen LogP contribution in [-0.2, 0) is 4.79 Å². The molecule has 1 heterocycles. The molecule has 0 amide bonds. The number of hydrogen-bond acceptors (Lipinski definition) is 5. The van der Waals surface area contributed by atoms with Crippen LogP contribution in [-0.4, -0.2) is 50.9 Å². The van der Waals surface area contributed by atoms with E-state index in [2.05, 4.69) is 5.32 Å². The van der Waals surface area contributed by atoms with Crippen molar-refractivity contribution in [3.8, 4) is 0 Å². The second kappa shape index (κ2) is 2.98.